The lowest BCUT2D eigenvalue weighted by molar-refractivity contribution is -0.253. The Bertz CT molecular complexity index is 1430. The fraction of sp³-hybridized carbons (Fsp3) is 0.474. The summed E-state index contributed by atoms with van der Waals surface area (Å²) in [5.41, 5.74) is 5.99. The van der Waals surface area contributed by atoms with E-state index >= 15 is 0 Å². The minimum Gasteiger partial charge on any atom is -0.395 e. The quantitative estimate of drug-likeness (QED) is 0.169. The highest BCUT2D eigenvalue weighted by Gasteiger charge is 2.35. The molecule has 47 heavy (non-hydrogen) atoms. The molecule has 2 fully saturated rings. The van der Waals surface area contributed by atoms with E-state index in [2.05, 4.69) is 45.9 Å². The van der Waals surface area contributed by atoms with E-state index in [0.29, 0.717) is 25.9 Å². The van der Waals surface area contributed by atoms with Gasteiger partial charge in [-0.15, -0.1) is 0 Å². The van der Waals surface area contributed by atoms with Crippen LogP contribution in [0.3, 0.4) is 0 Å². The zero-order chi connectivity index (χ0) is 33.0. The van der Waals surface area contributed by atoms with E-state index in [9.17, 15) is 19.8 Å². The first-order chi connectivity index (χ1) is 22.9. The molecule has 0 bridgehead atoms. The normalized spacial score (nSPS) is 21.4. The SMILES string of the molecule is CC(=O)NCCCCCC(=O)NCc1ccccc1-c1ccc([C@@H]2O[C@H](CN3CCC[C@H]3CO)C[C@H](c3ccc(CO)cc3)O2)cc1. The predicted octanol–water partition coefficient (Wildman–Crippen LogP) is 5.16. The maximum absolute atomic E-state index is 12.5. The van der Waals surface area contributed by atoms with Crippen molar-refractivity contribution < 1.29 is 29.3 Å². The van der Waals surface area contributed by atoms with Gasteiger partial charge in [0.25, 0.3) is 0 Å². The number of hydrogen-bond donors (Lipinski definition) is 4. The third kappa shape index (κ3) is 9.95. The summed E-state index contributed by atoms with van der Waals surface area (Å²) in [6.45, 7) is 4.46. The maximum atomic E-state index is 12.5. The first-order valence-electron chi connectivity index (χ1n) is 17.0. The molecule has 4 N–H and O–H groups in total. The van der Waals surface area contributed by atoms with Gasteiger partial charge in [-0.05, 0) is 60.0 Å². The Balaban J connectivity index is 1.23. The van der Waals surface area contributed by atoms with Crippen LogP contribution in [0.5, 0.6) is 0 Å². The summed E-state index contributed by atoms with van der Waals surface area (Å²) >= 11 is 0. The first-order valence-corrected chi connectivity index (χ1v) is 17.0. The Morgan fingerprint density at radius 1 is 0.894 bits per heavy atom. The van der Waals surface area contributed by atoms with Crippen LogP contribution >= 0.6 is 0 Å². The van der Waals surface area contributed by atoms with Gasteiger partial charge in [-0.1, -0.05) is 79.2 Å². The molecule has 4 atom stereocenters. The number of nitrogens with zero attached hydrogens (tertiary/aromatic N) is 1. The van der Waals surface area contributed by atoms with Crippen LogP contribution in [0.2, 0.25) is 0 Å². The summed E-state index contributed by atoms with van der Waals surface area (Å²) in [6.07, 6.45) is 5.02. The molecule has 5 rings (SSSR count). The van der Waals surface area contributed by atoms with Crippen LogP contribution in [0.25, 0.3) is 11.1 Å². The van der Waals surface area contributed by atoms with E-state index < -0.39 is 6.29 Å². The van der Waals surface area contributed by atoms with Crippen LogP contribution in [0, 0.1) is 0 Å². The largest absolute Gasteiger partial charge is 0.395 e. The van der Waals surface area contributed by atoms with Crippen molar-refractivity contribution in [1.29, 1.82) is 0 Å². The third-order valence-electron chi connectivity index (χ3n) is 9.20. The summed E-state index contributed by atoms with van der Waals surface area (Å²) in [7, 11) is 0. The number of aliphatic hydroxyl groups excluding tert-OH is 2. The van der Waals surface area contributed by atoms with E-state index in [0.717, 1.165) is 78.6 Å². The zero-order valence-electron chi connectivity index (χ0n) is 27.4. The van der Waals surface area contributed by atoms with Gasteiger partial charge in [0.05, 0.1) is 25.4 Å². The highest BCUT2D eigenvalue weighted by Crippen LogP contribution is 2.39. The zero-order valence-corrected chi connectivity index (χ0v) is 27.4. The predicted molar refractivity (Wildman–Crippen MR) is 181 cm³/mol. The summed E-state index contributed by atoms with van der Waals surface area (Å²) in [6, 6.07) is 24.5. The van der Waals surface area contributed by atoms with Crippen molar-refractivity contribution in [1.82, 2.24) is 15.5 Å². The van der Waals surface area contributed by atoms with Crippen LogP contribution in [0.4, 0.5) is 0 Å². The molecule has 0 aromatic heterocycles. The molecule has 0 spiro atoms. The average Bonchev–Trinajstić information content (AvgIpc) is 3.55. The summed E-state index contributed by atoms with van der Waals surface area (Å²) < 4.78 is 13.1. The number of nitrogens with one attached hydrogen (secondary N) is 2. The Hall–Kier alpha value is -3.60. The van der Waals surface area contributed by atoms with Crippen molar-refractivity contribution in [2.45, 2.75) is 89.6 Å². The van der Waals surface area contributed by atoms with Gasteiger partial charge in [0.2, 0.25) is 11.8 Å². The molecule has 9 nitrogen and oxygen atoms in total. The summed E-state index contributed by atoms with van der Waals surface area (Å²) in [5, 5.41) is 25.3. The fourth-order valence-electron chi connectivity index (χ4n) is 6.55. The molecule has 0 unspecified atom stereocenters. The van der Waals surface area contributed by atoms with E-state index in [1.54, 1.807) is 0 Å². The van der Waals surface area contributed by atoms with Gasteiger partial charge in [-0.3, -0.25) is 14.5 Å². The van der Waals surface area contributed by atoms with Gasteiger partial charge in [0.15, 0.2) is 6.29 Å². The van der Waals surface area contributed by atoms with E-state index in [1.807, 2.05) is 42.5 Å². The fourth-order valence-corrected chi connectivity index (χ4v) is 6.55. The van der Waals surface area contributed by atoms with Crippen LogP contribution < -0.4 is 10.6 Å². The van der Waals surface area contributed by atoms with Crippen molar-refractivity contribution in [3.8, 4) is 11.1 Å². The molecular weight excluding hydrogens is 594 g/mol. The van der Waals surface area contributed by atoms with Crippen molar-refractivity contribution in [3.05, 3.63) is 95.1 Å². The molecule has 2 saturated heterocycles. The van der Waals surface area contributed by atoms with Crippen LogP contribution in [-0.2, 0) is 32.2 Å². The molecule has 0 radical (unpaired) electrons. The smallest absolute Gasteiger partial charge is 0.220 e. The number of rotatable bonds is 15. The van der Waals surface area contributed by atoms with Crippen molar-refractivity contribution in [3.63, 3.8) is 0 Å². The standard InChI is InChI=1S/C38H49N3O6/c1-27(44)39-20-6-2-3-11-37(45)40-23-32-8-4-5-10-35(32)29-16-18-31(19-17-29)38-46-34(24-41-21-7-9-33(41)26-43)22-36(47-38)30-14-12-28(25-42)13-15-30/h4-5,8,10,12-19,33-34,36,38,42-43H,2-3,6-7,9,11,20-26H2,1H3,(H,39,44)(H,40,45)/t33-,34-,36+,38+/m0/s1. The number of aliphatic hydroxyl groups is 2. The van der Waals surface area contributed by atoms with Crippen molar-refractivity contribution in [2.24, 2.45) is 0 Å². The van der Waals surface area contributed by atoms with E-state index in [4.69, 9.17) is 9.47 Å². The molecule has 0 saturated carbocycles. The molecule has 0 aliphatic carbocycles. The van der Waals surface area contributed by atoms with Crippen LogP contribution in [0.15, 0.2) is 72.8 Å². The molecule has 252 valence electrons. The summed E-state index contributed by atoms with van der Waals surface area (Å²) in [5.74, 6) is -0.00308. The number of likely N-dealkylation sites (tertiary alicyclic amines) is 1. The number of ether oxygens (including phenoxy) is 2. The highest BCUT2D eigenvalue weighted by atomic mass is 16.7. The Labute approximate surface area is 278 Å². The molecular formula is C38H49N3O6. The Kier molecular flexibility index (Phi) is 12.9. The molecule has 2 aliphatic rings. The number of amides is 2. The number of carbonyl (C=O) groups is 2. The average molecular weight is 644 g/mol. The Morgan fingerprint density at radius 2 is 1.66 bits per heavy atom. The highest BCUT2D eigenvalue weighted by molar-refractivity contribution is 5.76. The third-order valence-corrected chi connectivity index (χ3v) is 9.20. The van der Waals surface area contributed by atoms with Gasteiger partial charge in [-0.25, -0.2) is 0 Å². The van der Waals surface area contributed by atoms with Crippen LogP contribution in [-0.4, -0.2) is 65.3 Å². The maximum Gasteiger partial charge on any atom is 0.220 e. The molecule has 2 heterocycles. The molecule has 3 aromatic carbocycles. The lowest BCUT2D eigenvalue weighted by atomic mass is 9.97. The number of carbonyl (C=O) groups excluding carboxylic acids is 2. The second-order valence-corrected chi connectivity index (χ2v) is 12.7. The van der Waals surface area contributed by atoms with Gasteiger partial charge in [0.1, 0.15) is 0 Å². The lowest BCUT2D eigenvalue weighted by Crippen LogP contribution is -2.42. The van der Waals surface area contributed by atoms with Gasteiger partial charge < -0.3 is 30.3 Å². The van der Waals surface area contributed by atoms with Crippen molar-refractivity contribution in [2.75, 3.05) is 26.2 Å². The lowest BCUT2D eigenvalue weighted by Gasteiger charge is -2.38. The second kappa shape index (κ2) is 17.5. The first kappa shape index (κ1) is 34.7. The minimum absolute atomic E-state index is 0.00163. The monoisotopic (exact) mass is 643 g/mol. The van der Waals surface area contributed by atoms with E-state index in [-0.39, 0.29) is 43.3 Å². The number of benzene rings is 3. The minimum atomic E-state index is -0.548. The number of hydrogen-bond acceptors (Lipinski definition) is 7. The van der Waals surface area contributed by atoms with Gasteiger partial charge in [-0.2, -0.15) is 0 Å². The summed E-state index contributed by atoms with van der Waals surface area (Å²) in [4.78, 5) is 25.8. The van der Waals surface area contributed by atoms with Crippen LogP contribution in [0.1, 0.15) is 86.5 Å². The Morgan fingerprint density at radius 3 is 2.40 bits per heavy atom. The molecule has 9 heteroatoms. The molecule has 2 aliphatic heterocycles. The van der Waals surface area contributed by atoms with Gasteiger partial charge in [0, 0.05) is 51.0 Å². The van der Waals surface area contributed by atoms with Crippen molar-refractivity contribution >= 4 is 11.8 Å². The molecule has 2 amide bonds. The molecule has 3 aromatic rings. The topological polar surface area (TPSA) is 120 Å². The van der Waals surface area contributed by atoms with E-state index in [1.165, 1.54) is 6.92 Å². The number of unbranched alkanes of at least 4 members (excludes halogenated alkanes) is 2. The van der Waals surface area contributed by atoms with Gasteiger partial charge >= 0.3 is 0 Å². The second-order valence-electron chi connectivity index (χ2n) is 12.7.